The monoisotopic (exact) mass is 928 g/mol. The Labute approximate surface area is 422 Å². The van der Waals surface area contributed by atoms with Crippen molar-refractivity contribution in [3.8, 4) is 56.4 Å². The van der Waals surface area contributed by atoms with E-state index >= 15 is 0 Å². The number of hydrogen-bond donors (Lipinski definition) is 0. The molecule has 0 bridgehead atoms. The SMILES string of the molecule is c1ccc(-n2c3ccccc3c3cc(-c4ccc5c(c4)c4c(n5-c5nc(-c6ccc(-c7cccc8ccccc78)cc6)c6ccccc6n5)-c5ccccc5C4(c4ccccc4)c4ccccc4)ccc32)cc1. The zero-order chi connectivity index (χ0) is 48.0. The van der Waals surface area contributed by atoms with Gasteiger partial charge in [-0.2, -0.15) is 0 Å². The number of aromatic nitrogens is 4. The first-order valence-electron chi connectivity index (χ1n) is 25.1. The molecule has 0 saturated carbocycles. The highest BCUT2D eigenvalue weighted by atomic mass is 15.2. The molecule has 0 saturated heterocycles. The molecule has 0 N–H and O–H groups in total. The summed E-state index contributed by atoms with van der Waals surface area (Å²) in [6.45, 7) is 0. The topological polar surface area (TPSA) is 35.6 Å². The van der Waals surface area contributed by atoms with Crippen molar-refractivity contribution in [3.05, 3.63) is 289 Å². The van der Waals surface area contributed by atoms with Crippen LogP contribution in [0.2, 0.25) is 0 Å². The number of rotatable bonds is 7. The Kier molecular flexibility index (Phi) is 9.14. The first-order chi connectivity index (χ1) is 36.2. The lowest BCUT2D eigenvalue weighted by Gasteiger charge is -2.33. The normalized spacial score (nSPS) is 12.8. The maximum atomic E-state index is 5.68. The van der Waals surface area contributed by atoms with E-state index in [9.17, 15) is 0 Å². The van der Waals surface area contributed by atoms with Crippen LogP contribution in [-0.4, -0.2) is 19.1 Å². The molecule has 4 nitrogen and oxygen atoms in total. The second-order valence-corrected chi connectivity index (χ2v) is 19.2. The van der Waals surface area contributed by atoms with E-state index in [0.717, 1.165) is 61.1 Å². The fraction of sp³-hybridized carbons (Fsp3) is 0.0145. The van der Waals surface area contributed by atoms with E-state index in [1.807, 2.05) is 0 Å². The molecule has 1 aliphatic rings. The summed E-state index contributed by atoms with van der Waals surface area (Å²) in [6.07, 6.45) is 0. The number of hydrogen-bond acceptors (Lipinski definition) is 2. The Morgan fingerprint density at radius 2 is 0.863 bits per heavy atom. The van der Waals surface area contributed by atoms with Crippen LogP contribution in [0.5, 0.6) is 0 Å². The molecule has 11 aromatic carbocycles. The van der Waals surface area contributed by atoms with Gasteiger partial charge in [0.1, 0.15) is 0 Å². The first-order valence-corrected chi connectivity index (χ1v) is 25.1. The number of fused-ring (bicyclic) bond motifs is 10. The second-order valence-electron chi connectivity index (χ2n) is 19.2. The highest BCUT2D eigenvalue weighted by Crippen LogP contribution is 2.60. The van der Waals surface area contributed by atoms with Gasteiger partial charge in [0, 0.05) is 43.9 Å². The fourth-order valence-electron chi connectivity index (χ4n) is 12.3. The largest absolute Gasteiger partial charge is 0.309 e. The van der Waals surface area contributed by atoms with Crippen molar-refractivity contribution in [3.63, 3.8) is 0 Å². The van der Waals surface area contributed by atoms with Crippen molar-refractivity contribution in [2.75, 3.05) is 0 Å². The van der Waals surface area contributed by atoms with E-state index in [4.69, 9.17) is 9.97 Å². The maximum absolute atomic E-state index is 5.68. The van der Waals surface area contributed by atoms with Gasteiger partial charge in [-0.3, -0.25) is 4.57 Å². The van der Waals surface area contributed by atoms with Crippen LogP contribution in [-0.2, 0) is 5.41 Å². The van der Waals surface area contributed by atoms with Gasteiger partial charge in [-0.25, -0.2) is 9.97 Å². The first kappa shape index (κ1) is 41.2. The summed E-state index contributed by atoms with van der Waals surface area (Å²) in [5, 5.41) is 7.08. The van der Waals surface area contributed by atoms with Gasteiger partial charge in [0.25, 0.3) is 0 Å². The minimum absolute atomic E-state index is 0.632. The van der Waals surface area contributed by atoms with E-state index in [0.29, 0.717) is 5.95 Å². The van der Waals surface area contributed by atoms with Gasteiger partial charge >= 0.3 is 0 Å². The zero-order valence-electron chi connectivity index (χ0n) is 39.7. The van der Waals surface area contributed by atoms with Crippen LogP contribution in [0.15, 0.2) is 267 Å². The molecule has 0 radical (unpaired) electrons. The third kappa shape index (κ3) is 6.14. The standard InChI is InChI=1S/C69H44N4/c1-4-21-50(22-5-1)69(51-23-6-2-7-24-51)60-32-15-12-29-56(60)67-65(69)59-44-49(48-39-41-63-58(43-48)55-28-14-17-34-62(55)72(63)52-25-8-3-9-26-52)40-42-64(59)73(67)68-70-61-33-16-13-30-57(61)66(71-68)47-37-35-46(36-38-47)54-31-18-20-45-19-10-11-27-53(45)54/h1-44H. The molecule has 1 aliphatic carbocycles. The molecule has 14 aromatic rings. The van der Waals surface area contributed by atoms with E-state index in [-0.39, 0.29) is 0 Å². The van der Waals surface area contributed by atoms with Crippen LogP contribution in [0, 0.1) is 0 Å². The summed E-state index contributed by atoms with van der Waals surface area (Å²) in [6, 6.07) is 97.1. The lowest BCUT2D eigenvalue weighted by Crippen LogP contribution is -2.28. The van der Waals surface area contributed by atoms with Gasteiger partial charge in [-0.05, 0) is 98.2 Å². The van der Waals surface area contributed by atoms with Crippen LogP contribution in [0.25, 0.3) is 111 Å². The summed E-state index contributed by atoms with van der Waals surface area (Å²) in [5.41, 5.74) is 18.5. The molecule has 0 amide bonds. The van der Waals surface area contributed by atoms with Crippen molar-refractivity contribution in [2.45, 2.75) is 5.41 Å². The van der Waals surface area contributed by atoms with E-state index < -0.39 is 5.41 Å². The summed E-state index contributed by atoms with van der Waals surface area (Å²) in [5.74, 6) is 0.632. The summed E-state index contributed by atoms with van der Waals surface area (Å²) in [4.78, 5) is 11.2. The molecular formula is C69H44N4. The molecule has 73 heavy (non-hydrogen) atoms. The van der Waals surface area contributed by atoms with Crippen molar-refractivity contribution in [1.29, 1.82) is 0 Å². The summed E-state index contributed by atoms with van der Waals surface area (Å²) >= 11 is 0. The van der Waals surface area contributed by atoms with E-state index in [1.165, 1.54) is 66.0 Å². The lowest BCUT2D eigenvalue weighted by atomic mass is 9.67. The van der Waals surface area contributed by atoms with Crippen molar-refractivity contribution >= 4 is 54.4 Å². The number of para-hydroxylation sites is 3. The Bertz CT molecular complexity index is 4430. The Balaban J connectivity index is 0.999. The molecule has 3 heterocycles. The highest BCUT2D eigenvalue weighted by Gasteiger charge is 2.49. The third-order valence-electron chi connectivity index (χ3n) is 15.4. The van der Waals surface area contributed by atoms with Gasteiger partial charge in [-0.1, -0.05) is 218 Å². The Hall–Kier alpha value is -9.64. The van der Waals surface area contributed by atoms with Crippen LogP contribution in [0.3, 0.4) is 0 Å². The highest BCUT2D eigenvalue weighted by molar-refractivity contribution is 6.11. The average Bonchev–Trinajstić information content (AvgIpc) is 4.19. The van der Waals surface area contributed by atoms with Crippen molar-refractivity contribution in [1.82, 2.24) is 19.1 Å². The van der Waals surface area contributed by atoms with Crippen LogP contribution in [0.1, 0.15) is 22.3 Å². The Morgan fingerprint density at radius 3 is 1.62 bits per heavy atom. The van der Waals surface area contributed by atoms with Gasteiger partial charge in [0.15, 0.2) is 0 Å². The minimum Gasteiger partial charge on any atom is -0.309 e. The maximum Gasteiger partial charge on any atom is 0.235 e. The molecule has 3 aromatic heterocycles. The molecule has 0 atom stereocenters. The molecular weight excluding hydrogens is 885 g/mol. The summed E-state index contributed by atoms with van der Waals surface area (Å²) < 4.78 is 4.74. The van der Waals surface area contributed by atoms with Crippen LogP contribution >= 0.6 is 0 Å². The predicted molar refractivity (Wildman–Crippen MR) is 302 cm³/mol. The van der Waals surface area contributed by atoms with Gasteiger partial charge in [-0.15, -0.1) is 0 Å². The van der Waals surface area contributed by atoms with Gasteiger partial charge in [0.05, 0.1) is 38.9 Å². The second kappa shape index (κ2) is 16.2. The predicted octanol–water partition coefficient (Wildman–Crippen LogP) is 17.2. The van der Waals surface area contributed by atoms with Crippen molar-refractivity contribution < 1.29 is 0 Å². The smallest absolute Gasteiger partial charge is 0.235 e. The van der Waals surface area contributed by atoms with Crippen LogP contribution in [0.4, 0.5) is 0 Å². The van der Waals surface area contributed by atoms with Crippen LogP contribution < -0.4 is 0 Å². The molecule has 4 heteroatoms. The van der Waals surface area contributed by atoms with Gasteiger partial charge in [0.2, 0.25) is 5.95 Å². The molecule has 0 aliphatic heterocycles. The zero-order valence-corrected chi connectivity index (χ0v) is 39.7. The summed E-state index contributed by atoms with van der Waals surface area (Å²) in [7, 11) is 0. The average molecular weight is 929 g/mol. The third-order valence-corrected chi connectivity index (χ3v) is 15.4. The molecule has 340 valence electrons. The molecule has 0 unspecified atom stereocenters. The van der Waals surface area contributed by atoms with E-state index in [2.05, 4.69) is 276 Å². The molecule has 0 spiro atoms. The number of benzene rings is 11. The van der Waals surface area contributed by atoms with Crippen molar-refractivity contribution in [2.24, 2.45) is 0 Å². The minimum atomic E-state index is -0.666. The van der Waals surface area contributed by atoms with E-state index in [1.54, 1.807) is 0 Å². The number of nitrogens with zero attached hydrogens (tertiary/aromatic N) is 4. The molecule has 15 rings (SSSR count). The molecule has 0 fully saturated rings. The van der Waals surface area contributed by atoms with Gasteiger partial charge < -0.3 is 4.57 Å². The lowest BCUT2D eigenvalue weighted by molar-refractivity contribution is 0.775. The Morgan fingerprint density at radius 1 is 0.329 bits per heavy atom. The fourth-order valence-corrected chi connectivity index (χ4v) is 12.3. The quantitative estimate of drug-likeness (QED) is 0.160.